The average Bonchev–Trinajstić information content (AvgIpc) is 2.54. The predicted octanol–water partition coefficient (Wildman–Crippen LogP) is 4.43. The molecule has 7 heteroatoms. The smallest absolute Gasteiger partial charge is 0.407 e. The SMILES string of the molecule is CC(C)(C)OC(=O)NCC1CCN(C(=O)c2cccc(I)c2Br)CC1. The molecule has 1 fully saturated rings. The highest BCUT2D eigenvalue weighted by molar-refractivity contribution is 14.1. The summed E-state index contributed by atoms with van der Waals surface area (Å²) in [5, 5.41) is 2.83. The molecular weight excluding hydrogens is 499 g/mol. The van der Waals surface area contributed by atoms with Crippen LogP contribution in [-0.4, -0.2) is 42.1 Å². The molecule has 0 spiro atoms. The van der Waals surface area contributed by atoms with Crippen LogP contribution in [0.3, 0.4) is 0 Å². The summed E-state index contributed by atoms with van der Waals surface area (Å²) in [6, 6.07) is 5.72. The molecule has 1 heterocycles. The van der Waals surface area contributed by atoms with Gasteiger partial charge in [-0.1, -0.05) is 6.07 Å². The van der Waals surface area contributed by atoms with Gasteiger partial charge in [-0.2, -0.15) is 0 Å². The van der Waals surface area contributed by atoms with Gasteiger partial charge in [-0.3, -0.25) is 4.79 Å². The van der Waals surface area contributed by atoms with Gasteiger partial charge in [0.25, 0.3) is 5.91 Å². The second-order valence-electron chi connectivity index (χ2n) is 7.22. The third-order valence-electron chi connectivity index (χ3n) is 4.02. The zero-order valence-electron chi connectivity index (χ0n) is 14.8. The standard InChI is InChI=1S/C18H24BrIN2O3/c1-18(2,3)25-17(24)21-11-12-7-9-22(10-8-12)16(23)13-5-4-6-14(20)15(13)19/h4-6,12H,7-11H2,1-3H3,(H,21,24). The number of amides is 2. The van der Waals surface area contributed by atoms with E-state index < -0.39 is 5.60 Å². The molecule has 1 aromatic rings. The number of likely N-dealkylation sites (tertiary alicyclic amines) is 1. The maximum atomic E-state index is 12.7. The van der Waals surface area contributed by atoms with Gasteiger partial charge in [-0.05, 0) is 90.2 Å². The highest BCUT2D eigenvalue weighted by Crippen LogP contribution is 2.26. The summed E-state index contributed by atoms with van der Waals surface area (Å²) < 4.78 is 7.13. The summed E-state index contributed by atoms with van der Waals surface area (Å²) in [4.78, 5) is 26.3. The topological polar surface area (TPSA) is 58.6 Å². The van der Waals surface area contributed by atoms with Gasteiger partial charge < -0.3 is 15.0 Å². The number of hydrogen-bond donors (Lipinski definition) is 1. The third-order valence-corrected chi connectivity index (χ3v) is 6.51. The number of carbonyl (C=O) groups is 2. The molecule has 0 saturated carbocycles. The zero-order valence-corrected chi connectivity index (χ0v) is 18.5. The van der Waals surface area contributed by atoms with Crippen molar-refractivity contribution in [1.29, 1.82) is 0 Å². The lowest BCUT2D eigenvalue weighted by Crippen LogP contribution is -2.42. The second kappa shape index (κ2) is 8.70. The van der Waals surface area contributed by atoms with Gasteiger partial charge in [-0.15, -0.1) is 0 Å². The molecule has 138 valence electrons. The number of nitrogens with one attached hydrogen (secondary N) is 1. The van der Waals surface area contributed by atoms with Gasteiger partial charge in [0.05, 0.1) is 5.56 Å². The lowest BCUT2D eigenvalue weighted by molar-refractivity contribution is 0.0500. The van der Waals surface area contributed by atoms with Crippen LogP contribution in [0.2, 0.25) is 0 Å². The van der Waals surface area contributed by atoms with Crippen LogP contribution in [0, 0.1) is 9.49 Å². The van der Waals surface area contributed by atoms with E-state index in [1.165, 1.54) is 0 Å². The Morgan fingerprint density at radius 3 is 2.56 bits per heavy atom. The van der Waals surface area contributed by atoms with E-state index in [1.54, 1.807) is 0 Å². The number of carbonyl (C=O) groups excluding carboxylic acids is 2. The minimum absolute atomic E-state index is 0.0592. The number of benzene rings is 1. The first-order valence-electron chi connectivity index (χ1n) is 8.37. The molecule has 0 bridgehead atoms. The van der Waals surface area contributed by atoms with E-state index in [0.29, 0.717) is 31.1 Å². The molecule has 0 atom stereocenters. The molecule has 2 rings (SSSR count). The van der Waals surface area contributed by atoms with Crippen LogP contribution in [0.5, 0.6) is 0 Å². The lowest BCUT2D eigenvalue weighted by Gasteiger charge is -2.32. The Kier molecular flexibility index (Phi) is 7.13. The summed E-state index contributed by atoms with van der Waals surface area (Å²) in [6.07, 6.45) is 1.38. The Morgan fingerprint density at radius 2 is 1.96 bits per heavy atom. The Bertz CT molecular complexity index is 638. The molecule has 1 aliphatic rings. The molecule has 5 nitrogen and oxygen atoms in total. The summed E-state index contributed by atoms with van der Waals surface area (Å²) >= 11 is 5.72. The molecular formula is C18H24BrIN2O3. The molecule has 1 N–H and O–H groups in total. The number of alkyl carbamates (subject to hydrolysis) is 1. The summed E-state index contributed by atoms with van der Waals surface area (Å²) in [5.41, 5.74) is 0.220. The molecule has 0 aliphatic carbocycles. The molecule has 1 saturated heterocycles. The Morgan fingerprint density at radius 1 is 1.32 bits per heavy atom. The second-order valence-corrected chi connectivity index (χ2v) is 9.17. The highest BCUT2D eigenvalue weighted by Gasteiger charge is 2.26. The summed E-state index contributed by atoms with van der Waals surface area (Å²) in [5.74, 6) is 0.430. The first kappa shape index (κ1) is 20.5. The van der Waals surface area contributed by atoms with Crippen molar-refractivity contribution in [3.8, 4) is 0 Å². The molecule has 1 aromatic carbocycles. The molecule has 0 radical (unpaired) electrons. The predicted molar refractivity (Wildman–Crippen MR) is 110 cm³/mol. The van der Waals surface area contributed by atoms with Crippen molar-refractivity contribution < 1.29 is 14.3 Å². The fourth-order valence-electron chi connectivity index (χ4n) is 2.72. The van der Waals surface area contributed by atoms with Crippen LogP contribution < -0.4 is 5.32 Å². The third kappa shape index (κ3) is 6.13. The normalized spacial score (nSPS) is 15.8. The van der Waals surface area contributed by atoms with Crippen LogP contribution in [-0.2, 0) is 4.74 Å². The minimum Gasteiger partial charge on any atom is -0.444 e. The van der Waals surface area contributed by atoms with Crippen molar-refractivity contribution in [2.24, 2.45) is 5.92 Å². The first-order valence-corrected chi connectivity index (χ1v) is 10.2. The number of hydrogen-bond acceptors (Lipinski definition) is 3. The quantitative estimate of drug-likeness (QED) is 0.597. The fraction of sp³-hybridized carbons (Fsp3) is 0.556. The van der Waals surface area contributed by atoms with Crippen molar-refractivity contribution in [3.63, 3.8) is 0 Å². The van der Waals surface area contributed by atoms with E-state index in [-0.39, 0.29) is 12.0 Å². The summed E-state index contributed by atoms with van der Waals surface area (Å²) in [7, 11) is 0. The number of piperidine rings is 1. The zero-order chi connectivity index (χ0) is 18.6. The van der Waals surface area contributed by atoms with Crippen LogP contribution >= 0.6 is 38.5 Å². The molecule has 1 aliphatic heterocycles. The Hall–Kier alpha value is -0.830. The van der Waals surface area contributed by atoms with Crippen LogP contribution in [0.4, 0.5) is 4.79 Å². The van der Waals surface area contributed by atoms with Crippen LogP contribution in [0.15, 0.2) is 22.7 Å². The minimum atomic E-state index is -0.486. The molecule has 2 amide bonds. The Labute approximate surface area is 171 Å². The van der Waals surface area contributed by atoms with Crippen molar-refractivity contribution >= 4 is 50.5 Å². The summed E-state index contributed by atoms with van der Waals surface area (Å²) in [6.45, 7) is 7.54. The fourth-order valence-corrected chi connectivity index (χ4v) is 3.65. The van der Waals surface area contributed by atoms with Gasteiger partial charge in [-0.25, -0.2) is 4.79 Å². The van der Waals surface area contributed by atoms with E-state index in [4.69, 9.17) is 4.74 Å². The maximum Gasteiger partial charge on any atom is 0.407 e. The van der Waals surface area contributed by atoms with Gasteiger partial charge in [0.2, 0.25) is 0 Å². The highest BCUT2D eigenvalue weighted by atomic mass is 127. The van der Waals surface area contributed by atoms with E-state index in [9.17, 15) is 9.59 Å². The maximum absolute atomic E-state index is 12.7. The van der Waals surface area contributed by atoms with Crippen LogP contribution in [0.25, 0.3) is 0 Å². The molecule has 0 unspecified atom stereocenters. The van der Waals surface area contributed by atoms with Crippen molar-refractivity contribution in [2.75, 3.05) is 19.6 Å². The molecule has 25 heavy (non-hydrogen) atoms. The van der Waals surface area contributed by atoms with E-state index in [2.05, 4.69) is 43.8 Å². The van der Waals surface area contributed by atoms with Crippen molar-refractivity contribution in [3.05, 3.63) is 31.8 Å². The number of nitrogens with zero attached hydrogens (tertiary/aromatic N) is 1. The van der Waals surface area contributed by atoms with E-state index >= 15 is 0 Å². The van der Waals surface area contributed by atoms with Gasteiger partial charge >= 0.3 is 6.09 Å². The van der Waals surface area contributed by atoms with Gasteiger partial charge in [0, 0.05) is 27.7 Å². The lowest BCUT2D eigenvalue weighted by atomic mass is 9.96. The number of ether oxygens (including phenoxy) is 1. The van der Waals surface area contributed by atoms with Crippen molar-refractivity contribution in [2.45, 2.75) is 39.2 Å². The van der Waals surface area contributed by atoms with Crippen molar-refractivity contribution in [1.82, 2.24) is 10.2 Å². The van der Waals surface area contributed by atoms with E-state index in [1.807, 2.05) is 43.9 Å². The number of halogens is 2. The van der Waals surface area contributed by atoms with Gasteiger partial charge in [0.1, 0.15) is 5.60 Å². The van der Waals surface area contributed by atoms with Gasteiger partial charge in [0.15, 0.2) is 0 Å². The monoisotopic (exact) mass is 522 g/mol. The molecule has 0 aromatic heterocycles. The number of rotatable bonds is 3. The van der Waals surface area contributed by atoms with Crippen LogP contribution in [0.1, 0.15) is 44.0 Å². The Balaban J connectivity index is 1.82. The first-order chi connectivity index (χ1) is 11.7. The van der Waals surface area contributed by atoms with E-state index in [0.717, 1.165) is 20.9 Å². The largest absolute Gasteiger partial charge is 0.444 e. The average molecular weight is 523 g/mol.